The van der Waals surface area contributed by atoms with Crippen LogP contribution in [0.2, 0.25) is 5.02 Å². The number of thioether (sulfide) groups is 1. The van der Waals surface area contributed by atoms with Gasteiger partial charge in [-0.3, -0.25) is 9.36 Å². The van der Waals surface area contributed by atoms with E-state index in [1.54, 1.807) is 6.08 Å². The molecule has 1 aliphatic rings. The van der Waals surface area contributed by atoms with Crippen molar-refractivity contribution in [1.82, 2.24) is 14.8 Å². The number of aromatic nitrogens is 3. The van der Waals surface area contributed by atoms with Crippen molar-refractivity contribution in [3.8, 4) is 5.75 Å². The first-order chi connectivity index (χ1) is 18.6. The van der Waals surface area contributed by atoms with Crippen molar-refractivity contribution < 1.29 is 19.1 Å². The minimum absolute atomic E-state index is 0.0969. The summed E-state index contributed by atoms with van der Waals surface area (Å²) in [4.78, 5) is 26.7. The van der Waals surface area contributed by atoms with E-state index in [-0.39, 0.29) is 11.7 Å². The van der Waals surface area contributed by atoms with Gasteiger partial charge in [0.2, 0.25) is 5.91 Å². The van der Waals surface area contributed by atoms with E-state index >= 15 is 0 Å². The topological polar surface area (TPSA) is 95.3 Å². The van der Waals surface area contributed by atoms with Crippen molar-refractivity contribution in [2.75, 3.05) is 18.2 Å². The standard InChI is InChI=1S/C28H33ClN4O4S2/c1-7-10-33-25(18(5)37-19-12-16(3)24(29)17(4)13-19)31-32-28(33)38-14-22(34)30-26-23(27(35)36-6)20-9-8-15(2)11-21(20)39-26/h7,12-13,15,18H,1,8-11,14H2,2-6H3,(H,30,34). The molecular formula is C28H33ClN4O4S2. The van der Waals surface area contributed by atoms with E-state index < -0.39 is 12.1 Å². The van der Waals surface area contributed by atoms with Crippen molar-refractivity contribution in [1.29, 1.82) is 0 Å². The molecule has 2 aromatic heterocycles. The van der Waals surface area contributed by atoms with Gasteiger partial charge in [0.05, 0.1) is 18.4 Å². The summed E-state index contributed by atoms with van der Waals surface area (Å²) in [7, 11) is 1.36. The molecule has 8 nitrogen and oxygen atoms in total. The maximum Gasteiger partial charge on any atom is 0.341 e. The number of hydrogen-bond donors (Lipinski definition) is 1. The van der Waals surface area contributed by atoms with Gasteiger partial charge in [0, 0.05) is 16.4 Å². The molecule has 2 heterocycles. The zero-order valence-corrected chi connectivity index (χ0v) is 25.2. The maximum atomic E-state index is 13.0. The Balaban J connectivity index is 1.47. The number of aryl methyl sites for hydroxylation is 2. The first-order valence-electron chi connectivity index (χ1n) is 12.8. The summed E-state index contributed by atoms with van der Waals surface area (Å²) in [6, 6.07) is 3.79. The van der Waals surface area contributed by atoms with Gasteiger partial charge in [-0.1, -0.05) is 36.4 Å². The summed E-state index contributed by atoms with van der Waals surface area (Å²) in [5, 5.41) is 13.5. The molecule has 0 saturated heterocycles. The van der Waals surface area contributed by atoms with Crippen LogP contribution in [0.5, 0.6) is 5.75 Å². The Morgan fingerprint density at radius 3 is 2.72 bits per heavy atom. The number of carbonyl (C=O) groups is 2. The molecule has 1 amide bonds. The molecule has 3 aromatic rings. The van der Waals surface area contributed by atoms with Crippen molar-refractivity contribution in [3.05, 3.63) is 62.8 Å². The monoisotopic (exact) mass is 588 g/mol. The molecule has 0 spiro atoms. The molecule has 0 radical (unpaired) electrons. The molecule has 2 atom stereocenters. The van der Waals surface area contributed by atoms with Gasteiger partial charge in [-0.25, -0.2) is 4.79 Å². The SMILES string of the molecule is C=CCn1c(SCC(=O)Nc2sc3c(c2C(=O)OC)CCC(C)C3)nnc1C(C)Oc1cc(C)c(Cl)c(C)c1. The molecule has 11 heteroatoms. The number of rotatable bonds is 10. The number of anilines is 1. The van der Waals surface area contributed by atoms with E-state index in [0.717, 1.165) is 45.9 Å². The molecule has 2 unspecified atom stereocenters. The van der Waals surface area contributed by atoms with Gasteiger partial charge < -0.3 is 14.8 Å². The molecular weight excluding hydrogens is 556 g/mol. The van der Waals surface area contributed by atoms with Crippen LogP contribution in [-0.4, -0.2) is 39.5 Å². The number of nitrogens with one attached hydrogen (secondary N) is 1. The lowest BCUT2D eigenvalue weighted by molar-refractivity contribution is -0.113. The summed E-state index contributed by atoms with van der Waals surface area (Å²) in [6.07, 6.45) is 4.07. The van der Waals surface area contributed by atoms with Crippen LogP contribution in [0.15, 0.2) is 29.9 Å². The maximum absolute atomic E-state index is 13.0. The van der Waals surface area contributed by atoms with Crippen LogP contribution in [0.25, 0.3) is 0 Å². The molecule has 0 saturated carbocycles. The molecule has 4 rings (SSSR count). The average molecular weight is 589 g/mol. The van der Waals surface area contributed by atoms with Crippen LogP contribution >= 0.6 is 34.7 Å². The van der Waals surface area contributed by atoms with E-state index in [1.807, 2.05) is 37.5 Å². The van der Waals surface area contributed by atoms with Crippen LogP contribution in [0, 0.1) is 19.8 Å². The number of methoxy groups -OCH3 is 1. The van der Waals surface area contributed by atoms with Crippen molar-refractivity contribution in [3.63, 3.8) is 0 Å². The smallest absolute Gasteiger partial charge is 0.341 e. The molecule has 1 N–H and O–H groups in total. The summed E-state index contributed by atoms with van der Waals surface area (Å²) in [5.41, 5.74) is 3.36. The number of fused-ring (bicyclic) bond motifs is 1. The highest BCUT2D eigenvalue weighted by molar-refractivity contribution is 7.99. The number of thiophene rings is 1. The highest BCUT2D eigenvalue weighted by Crippen LogP contribution is 2.40. The zero-order valence-electron chi connectivity index (χ0n) is 22.8. The fourth-order valence-electron chi connectivity index (χ4n) is 4.69. The normalized spacial score (nSPS) is 15.4. The highest BCUT2D eigenvalue weighted by Gasteiger charge is 2.29. The molecule has 1 aliphatic carbocycles. The summed E-state index contributed by atoms with van der Waals surface area (Å²) in [5.74, 6) is 1.31. The third-order valence-electron chi connectivity index (χ3n) is 6.63. The van der Waals surface area contributed by atoms with E-state index in [0.29, 0.717) is 39.8 Å². The van der Waals surface area contributed by atoms with Gasteiger partial charge in [0.25, 0.3) is 0 Å². The zero-order chi connectivity index (χ0) is 28.3. The number of esters is 1. The van der Waals surface area contributed by atoms with Crippen molar-refractivity contribution >= 4 is 51.6 Å². The molecule has 1 aromatic carbocycles. The van der Waals surface area contributed by atoms with Crippen LogP contribution in [0.4, 0.5) is 5.00 Å². The van der Waals surface area contributed by atoms with E-state index in [4.69, 9.17) is 21.1 Å². The number of halogens is 1. The van der Waals surface area contributed by atoms with Crippen LogP contribution in [-0.2, 0) is 28.9 Å². The quantitative estimate of drug-likeness (QED) is 0.162. The van der Waals surface area contributed by atoms with Gasteiger partial charge in [-0.15, -0.1) is 28.1 Å². The number of allylic oxidation sites excluding steroid dienone is 1. The predicted octanol–water partition coefficient (Wildman–Crippen LogP) is 6.58. The van der Waals surface area contributed by atoms with Crippen LogP contribution < -0.4 is 10.1 Å². The fourth-order valence-corrected chi connectivity index (χ4v) is 6.97. The Morgan fingerprint density at radius 1 is 1.33 bits per heavy atom. The lowest BCUT2D eigenvalue weighted by Gasteiger charge is -2.18. The number of hydrogen-bond acceptors (Lipinski definition) is 8. The largest absolute Gasteiger partial charge is 0.483 e. The highest BCUT2D eigenvalue weighted by atomic mass is 35.5. The Bertz CT molecular complexity index is 1380. The predicted molar refractivity (Wildman–Crippen MR) is 156 cm³/mol. The summed E-state index contributed by atoms with van der Waals surface area (Å²) >= 11 is 9.03. The lowest BCUT2D eigenvalue weighted by Crippen LogP contribution is -2.17. The lowest BCUT2D eigenvalue weighted by atomic mass is 9.88. The van der Waals surface area contributed by atoms with Crippen molar-refractivity contribution in [2.24, 2.45) is 5.92 Å². The second-order valence-corrected chi connectivity index (χ2v) is 12.2. The van der Waals surface area contributed by atoms with Crippen LogP contribution in [0.3, 0.4) is 0 Å². The molecule has 0 aliphatic heterocycles. The Kier molecular flexibility index (Phi) is 9.40. The Hall–Kier alpha value is -2.82. The average Bonchev–Trinajstić information content (AvgIpc) is 3.46. The molecule has 39 heavy (non-hydrogen) atoms. The van der Waals surface area contributed by atoms with Crippen molar-refractivity contribution in [2.45, 2.75) is 64.8 Å². The van der Waals surface area contributed by atoms with E-state index in [1.165, 1.54) is 30.2 Å². The van der Waals surface area contributed by atoms with E-state index in [2.05, 4.69) is 29.0 Å². The second kappa shape index (κ2) is 12.6. The minimum atomic E-state index is -0.416. The van der Waals surface area contributed by atoms with Gasteiger partial charge in [-0.2, -0.15) is 0 Å². The first kappa shape index (κ1) is 29.2. The summed E-state index contributed by atoms with van der Waals surface area (Å²) in [6.45, 7) is 12.3. The number of ether oxygens (including phenoxy) is 2. The second-order valence-electron chi connectivity index (χ2n) is 9.76. The molecule has 0 bridgehead atoms. The minimum Gasteiger partial charge on any atom is -0.483 e. The van der Waals surface area contributed by atoms with Gasteiger partial charge >= 0.3 is 5.97 Å². The number of amides is 1. The van der Waals surface area contributed by atoms with Gasteiger partial charge in [0.1, 0.15) is 10.8 Å². The van der Waals surface area contributed by atoms with Gasteiger partial charge in [-0.05, 0) is 74.8 Å². The van der Waals surface area contributed by atoms with Gasteiger partial charge in [0.15, 0.2) is 17.1 Å². The Morgan fingerprint density at radius 2 is 2.05 bits per heavy atom. The molecule has 0 fully saturated rings. The first-order valence-corrected chi connectivity index (χ1v) is 14.9. The van der Waals surface area contributed by atoms with E-state index in [9.17, 15) is 9.59 Å². The number of nitrogens with zero attached hydrogens (tertiary/aromatic N) is 3. The Labute approximate surface area is 242 Å². The van der Waals surface area contributed by atoms with Crippen LogP contribution in [0.1, 0.15) is 64.1 Å². The fraction of sp³-hybridized carbons (Fsp3) is 0.429. The summed E-state index contributed by atoms with van der Waals surface area (Å²) < 4.78 is 13.1. The third kappa shape index (κ3) is 6.50. The molecule has 208 valence electrons. The number of benzene rings is 1. The number of carbonyl (C=O) groups excluding carboxylic acids is 2. The third-order valence-corrected chi connectivity index (χ3v) is 9.36.